The second kappa shape index (κ2) is 5.73. The highest BCUT2D eigenvalue weighted by molar-refractivity contribution is 6.35. The lowest BCUT2D eigenvalue weighted by Gasteiger charge is -2.12. The van der Waals surface area contributed by atoms with E-state index in [0.29, 0.717) is 0 Å². The third kappa shape index (κ3) is 2.60. The second-order valence-corrected chi connectivity index (χ2v) is 5.29. The van der Waals surface area contributed by atoms with Gasteiger partial charge in [-0.25, -0.2) is 0 Å². The van der Waals surface area contributed by atoms with Crippen LogP contribution in [-0.4, -0.2) is 11.1 Å². The number of fused-ring (bicyclic) bond motifs is 1. The topological polar surface area (TPSA) is 30.1 Å². The Kier molecular flexibility index (Phi) is 3.81. The quantitative estimate of drug-likeness (QED) is 0.761. The summed E-state index contributed by atoms with van der Waals surface area (Å²) in [4.78, 5) is 0. The van der Waals surface area contributed by atoms with Crippen LogP contribution in [0.2, 0.25) is 5.02 Å². The lowest BCUT2D eigenvalue weighted by atomic mass is 10.2. The van der Waals surface area contributed by atoms with Gasteiger partial charge in [0, 0.05) is 30.2 Å². The van der Waals surface area contributed by atoms with E-state index in [-0.39, 0.29) is 6.04 Å². The van der Waals surface area contributed by atoms with Crippen LogP contribution in [0.15, 0.2) is 53.3 Å². The molecule has 2 aromatic heterocycles. The van der Waals surface area contributed by atoms with Crippen LogP contribution in [0.5, 0.6) is 0 Å². The monoisotopic (exact) mass is 288 g/mol. The first kappa shape index (κ1) is 13.3. The standard InChI is InChI=1S/C16H17ClN2O/c1-12(16-7-4-10-20-16)18-8-9-19-11-14(17)13-5-2-3-6-15(13)19/h2-7,10-12,18H,8-9H2,1H3. The molecule has 3 rings (SSSR count). The van der Waals surface area contributed by atoms with Crippen molar-refractivity contribution in [2.24, 2.45) is 0 Å². The molecular formula is C16H17ClN2O. The lowest BCUT2D eigenvalue weighted by molar-refractivity contribution is 0.425. The number of halogens is 1. The van der Waals surface area contributed by atoms with E-state index in [4.69, 9.17) is 16.0 Å². The van der Waals surface area contributed by atoms with E-state index < -0.39 is 0 Å². The average Bonchev–Trinajstić information content (AvgIpc) is 3.09. The number of benzene rings is 1. The number of hydrogen-bond donors (Lipinski definition) is 1. The third-order valence-corrected chi connectivity index (χ3v) is 3.81. The predicted molar refractivity (Wildman–Crippen MR) is 82.1 cm³/mol. The molecule has 0 spiro atoms. The summed E-state index contributed by atoms with van der Waals surface area (Å²) in [7, 11) is 0. The number of hydrogen-bond acceptors (Lipinski definition) is 2. The Hall–Kier alpha value is -1.71. The van der Waals surface area contributed by atoms with Gasteiger partial charge in [-0.05, 0) is 25.1 Å². The molecule has 3 nitrogen and oxygen atoms in total. The first-order valence-corrected chi connectivity index (χ1v) is 7.13. The molecule has 1 unspecified atom stereocenters. The van der Waals surface area contributed by atoms with Gasteiger partial charge in [-0.1, -0.05) is 29.8 Å². The van der Waals surface area contributed by atoms with Crippen LogP contribution in [0.3, 0.4) is 0 Å². The SMILES string of the molecule is CC(NCCn1cc(Cl)c2ccccc21)c1ccco1. The zero-order valence-electron chi connectivity index (χ0n) is 11.3. The molecule has 0 aliphatic heterocycles. The van der Waals surface area contributed by atoms with Gasteiger partial charge in [0.25, 0.3) is 0 Å². The van der Waals surface area contributed by atoms with E-state index in [1.165, 1.54) is 5.52 Å². The van der Waals surface area contributed by atoms with E-state index >= 15 is 0 Å². The largest absolute Gasteiger partial charge is 0.468 e. The molecule has 0 aliphatic carbocycles. The molecule has 0 radical (unpaired) electrons. The highest BCUT2D eigenvalue weighted by Crippen LogP contribution is 2.25. The normalized spacial score (nSPS) is 12.9. The van der Waals surface area contributed by atoms with Crippen molar-refractivity contribution in [3.8, 4) is 0 Å². The van der Waals surface area contributed by atoms with Crippen molar-refractivity contribution in [2.45, 2.75) is 19.5 Å². The maximum Gasteiger partial charge on any atom is 0.120 e. The average molecular weight is 289 g/mol. The minimum Gasteiger partial charge on any atom is -0.468 e. The van der Waals surface area contributed by atoms with Gasteiger partial charge < -0.3 is 14.3 Å². The molecular weight excluding hydrogens is 272 g/mol. The molecule has 104 valence electrons. The molecule has 0 amide bonds. The van der Waals surface area contributed by atoms with Crippen LogP contribution in [0.25, 0.3) is 10.9 Å². The van der Waals surface area contributed by atoms with Crippen molar-refractivity contribution >= 4 is 22.5 Å². The van der Waals surface area contributed by atoms with Crippen molar-refractivity contribution in [2.75, 3.05) is 6.54 Å². The molecule has 20 heavy (non-hydrogen) atoms. The van der Waals surface area contributed by atoms with Gasteiger partial charge >= 0.3 is 0 Å². The molecule has 4 heteroatoms. The fraction of sp³-hybridized carbons (Fsp3) is 0.250. The van der Waals surface area contributed by atoms with Crippen LogP contribution in [0.1, 0.15) is 18.7 Å². The van der Waals surface area contributed by atoms with E-state index in [2.05, 4.69) is 22.9 Å². The first-order chi connectivity index (χ1) is 9.75. The Balaban J connectivity index is 1.66. The van der Waals surface area contributed by atoms with E-state index in [1.54, 1.807) is 6.26 Å². The molecule has 1 atom stereocenters. The van der Waals surface area contributed by atoms with E-state index in [1.807, 2.05) is 36.5 Å². The first-order valence-electron chi connectivity index (χ1n) is 6.76. The zero-order valence-corrected chi connectivity index (χ0v) is 12.1. The number of rotatable bonds is 5. The molecule has 3 aromatic rings. The Morgan fingerprint density at radius 3 is 2.90 bits per heavy atom. The number of nitrogens with one attached hydrogen (secondary N) is 1. The molecule has 1 aromatic carbocycles. The Morgan fingerprint density at radius 1 is 1.25 bits per heavy atom. The van der Waals surface area contributed by atoms with Gasteiger partial charge in [0.2, 0.25) is 0 Å². The van der Waals surface area contributed by atoms with Crippen molar-refractivity contribution in [1.29, 1.82) is 0 Å². The smallest absolute Gasteiger partial charge is 0.120 e. The molecule has 0 saturated heterocycles. The summed E-state index contributed by atoms with van der Waals surface area (Å²) >= 11 is 6.24. The molecule has 0 bridgehead atoms. The van der Waals surface area contributed by atoms with Gasteiger partial charge in [-0.2, -0.15) is 0 Å². The Bertz CT molecular complexity index is 688. The minimum absolute atomic E-state index is 0.210. The number of para-hydroxylation sites is 1. The number of aromatic nitrogens is 1. The molecule has 0 saturated carbocycles. The van der Waals surface area contributed by atoms with Gasteiger partial charge in [-0.3, -0.25) is 0 Å². The Morgan fingerprint density at radius 2 is 2.10 bits per heavy atom. The predicted octanol–water partition coefficient (Wildman–Crippen LogP) is 4.24. The lowest BCUT2D eigenvalue weighted by Crippen LogP contribution is -2.22. The Labute approximate surface area is 123 Å². The van der Waals surface area contributed by atoms with Crippen LogP contribution < -0.4 is 5.32 Å². The summed E-state index contributed by atoms with van der Waals surface area (Å²) < 4.78 is 7.56. The maximum absolute atomic E-state index is 6.24. The molecule has 1 N–H and O–H groups in total. The van der Waals surface area contributed by atoms with Gasteiger partial charge in [0.1, 0.15) is 5.76 Å². The van der Waals surface area contributed by atoms with Crippen molar-refractivity contribution in [1.82, 2.24) is 9.88 Å². The van der Waals surface area contributed by atoms with Gasteiger partial charge in [0.15, 0.2) is 0 Å². The summed E-state index contributed by atoms with van der Waals surface area (Å²) in [5, 5.41) is 5.36. The van der Waals surface area contributed by atoms with E-state index in [9.17, 15) is 0 Å². The van der Waals surface area contributed by atoms with Crippen molar-refractivity contribution in [3.05, 3.63) is 59.6 Å². The van der Waals surface area contributed by atoms with Crippen LogP contribution in [0, 0.1) is 0 Å². The fourth-order valence-electron chi connectivity index (χ4n) is 2.43. The second-order valence-electron chi connectivity index (χ2n) is 4.88. The summed E-state index contributed by atoms with van der Waals surface area (Å²) in [6, 6.07) is 12.3. The third-order valence-electron chi connectivity index (χ3n) is 3.51. The number of nitrogens with zero attached hydrogens (tertiary/aromatic N) is 1. The van der Waals surface area contributed by atoms with Gasteiger partial charge in [0.05, 0.1) is 17.3 Å². The summed E-state index contributed by atoms with van der Waals surface area (Å²) in [5.41, 5.74) is 1.17. The van der Waals surface area contributed by atoms with Crippen LogP contribution in [-0.2, 0) is 6.54 Å². The minimum atomic E-state index is 0.210. The summed E-state index contributed by atoms with van der Waals surface area (Å²) in [6.07, 6.45) is 3.69. The maximum atomic E-state index is 6.24. The van der Waals surface area contributed by atoms with Crippen LogP contribution >= 0.6 is 11.6 Å². The van der Waals surface area contributed by atoms with E-state index in [0.717, 1.165) is 29.3 Å². The zero-order chi connectivity index (χ0) is 13.9. The van der Waals surface area contributed by atoms with Crippen molar-refractivity contribution < 1.29 is 4.42 Å². The molecule has 2 heterocycles. The highest BCUT2D eigenvalue weighted by atomic mass is 35.5. The molecule has 0 fully saturated rings. The van der Waals surface area contributed by atoms with Crippen LogP contribution in [0.4, 0.5) is 0 Å². The van der Waals surface area contributed by atoms with Gasteiger partial charge in [-0.15, -0.1) is 0 Å². The molecule has 0 aliphatic rings. The summed E-state index contributed by atoms with van der Waals surface area (Å²) in [5.74, 6) is 0.959. The fourth-order valence-corrected chi connectivity index (χ4v) is 2.70. The van der Waals surface area contributed by atoms with Crippen molar-refractivity contribution in [3.63, 3.8) is 0 Å². The summed E-state index contributed by atoms with van der Waals surface area (Å²) in [6.45, 7) is 3.83. The number of furan rings is 1. The highest BCUT2D eigenvalue weighted by Gasteiger charge is 2.08.